The van der Waals surface area contributed by atoms with Gasteiger partial charge in [0.15, 0.2) is 0 Å². The van der Waals surface area contributed by atoms with Gasteiger partial charge in [0, 0.05) is 50.8 Å². The van der Waals surface area contributed by atoms with E-state index in [-0.39, 0.29) is 17.2 Å². The normalized spacial score (nSPS) is 16.0. The summed E-state index contributed by atoms with van der Waals surface area (Å²) >= 11 is 0. The number of fused-ring (bicyclic) bond motifs is 1. The molecule has 0 fully saturated rings. The summed E-state index contributed by atoms with van der Waals surface area (Å²) in [6.45, 7) is 6.07. The van der Waals surface area contributed by atoms with Gasteiger partial charge in [0.2, 0.25) is 11.8 Å². The molecule has 1 aromatic rings. The molecule has 1 N–H and O–H groups in total. The van der Waals surface area contributed by atoms with Gasteiger partial charge >= 0.3 is 0 Å². The van der Waals surface area contributed by atoms with E-state index in [2.05, 4.69) is 25.2 Å². The minimum atomic E-state index is -0.136. The van der Waals surface area contributed by atoms with E-state index in [1.165, 1.54) is 5.56 Å². The maximum absolute atomic E-state index is 12.5. The van der Waals surface area contributed by atoms with Gasteiger partial charge in [-0.3, -0.25) is 9.59 Å². The lowest BCUT2D eigenvalue weighted by atomic mass is 9.77. The number of para-hydroxylation sites is 1. The first-order chi connectivity index (χ1) is 11.5. The summed E-state index contributed by atoms with van der Waals surface area (Å²) in [7, 11) is 1.65. The third kappa shape index (κ3) is 4.57. The van der Waals surface area contributed by atoms with Crippen LogP contribution in [0.5, 0.6) is 0 Å². The van der Waals surface area contributed by atoms with Crippen LogP contribution >= 0.6 is 0 Å². The van der Waals surface area contributed by atoms with Crippen molar-refractivity contribution in [1.82, 2.24) is 5.32 Å². The van der Waals surface area contributed by atoms with Crippen molar-refractivity contribution in [3.05, 3.63) is 29.8 Å². The van der Waals surface area contributed by atoms with Crippen LogP contribution in [0.1, 0.15) is 45.1 Å². The van der Waals surface area contributed by atoms with E-state index in [1.54, 1.807) is 7.11 Å². The number of methoxy groups -OCH3 is 1. The zero-order chi connectivity index (χ0) is 17.6. The van der Waals surface area contributed by atoms with Crippen molar-refractivity contribution in [1.29, 1.82) is 0 Å². The van der Waals surface area contributed by atoms with Crippen LogP contribution in [0.3, 0.4) is 0 Å². The van der Waals surface area contributed by atoms with Crippen LogP contribution in [-0.2, 0) is 19.7 Å². The van der Waals surface area contributed by atoms with E-state index < -0.39 is 0 Å². The van der Waals surface area contributed by atoms with E-state index in [1.807, 2.05) is 23.1 Å². The van der Waals surface area contributed by atoms with Gasteiger partial charge in [-0.25, -0.2) is 0 Å². The molecule has 5 nitrogen and oxygen atoms in total. The standard InChI is InChI=1S/C19H28N2O3/c1-19(2)14-18(23)21(16-9-5-4-8-15(16)19)12-6-10-17(22)20-11-7-13-24-3/h4-5,8-9H,6-7,10-14H2,1-3H3,(H,20,22). The molecule has 1 aliphatic heterocycles. The molecule has 0 saturated heterocycles. The number of rotatable bonds is 8. The van der Waals surface area contributed by atoms with Crippen LogP contribution < -0.4 is 10.2 Å². The summed E-state index contributed by atoms with van der Waals surface area (Å²) in [5.74, 6) is 0.170. The van der Waals surface area contributed by atoms with Crippen LogP contribution in [0.15, 0.2) is 24.3 Å². The summed E-state index contributed by atoms with van der Waals surface area (Å²) in [6, 6.07) is 8.07. The van der Waals surface area contributed by atoms with Crippen LogP contribution in [-0.4, -0.2) is 38.6 Å². The first-order valence-electron chi connectivity index (χ1n) is 8.61. The van der Waals surface area contributed by atoms with Crippen molar-refractivity contribution < 1.29 is 14.3 Å². The van der Waals surface area contributed by atoms with E-state index >= 15 is 0 Å². The Hall–Kier alpha value is -1.88. The summed E-state index contributed by atoms with van der Waals surface area (Å²) in [5.41, 5.74) is 2.05. The lowest BCUT2D eigenvalue weighted by Crippen LogP contribution is -2.42. The topological polar surface area (TPSA) is 58.6 Å². The molecule has 0 spiro atoms. The zero-order valence-corrected chi connectivity index (χ0v) is 14.9. The molecule has 0 atom stereocenters. The Bertz CT molecular complexity index is 584. The Kier molecular flexibility index (Phi) is 6.37. The molecule has 24 heavy (non-hydrogen) atoms. The second-order valence-electron chi connectivity index (χ2n) is 6.92. The monoisotopic (exact) mass is 332 g/mol. The third-order valence-electron chi connectivity index (χ3n) is 4.45. The predicted molar refractivity (Wildman–Crippen MR) is 95.2 cm³/mol. The van der Waals surface area contributed by atoms with Gasteiger partial charge in [-0.15, -0.1) is 0 Å². The van der Waals surface area contributed by atoms with Crippen LogP contribution in [0.4, 0.5) is 5.69 Å². The van der Waals surface area contributed by atoms with Crippen LogP contribution in [0.25, 0.3) is 0 Å². The lowest BCUT2D eigenvalue weighted by Gasteiger charge is -2.38. The maximum atomic E-state index is 12.5. The lowest BCUT2D eigenvalue weighted by molar-refractivity contribution is -0.122. The fraction of sp³-hybridized carbons (Fsp3) is 0.579. The first-order valence-corrected chi connectivity index (χ1v) is 8.61. The molecule has 0 bridgehead atoms. The van der Waals surface area contributed by atoms with Crippen molar-refractivity contribution in [2.24, 2.45) is 0 Å². The quantitative estimate of drug-likeness (QED) is 0.745. The minimum Gasteiger partial charge on any atom is -0.385 e. The third-order valence-corrected chi connectivity index (χ3v) is 4.45. The highest BCUT2D eigenvalue weighted by Crippen LogP contribution is 2.39. The molecule has 2 rings (SSSR count). The maximum Gasteiger partial charge on any atom is 0.227 e. The van der Waals surface area contributed by atoms with Crippen LogP contribution in [0.2, 0.25) is 0 Å². The van der Waals surface area contributed by atoms with Gasteiger partial charge in [-0.1, -0.05) is 32.0 Å². The molecule has 0 radical (unpaired) electrons. The van der Waals surface area contributed by atoms with Crippen molar-refractivity contribution in [3.8, 4) is 0 Å². The van der Waals surface area contributed by atoms with Gasteiger partial charge in [-0.05, 0) is 24.5 Å². The molecule has 1 aromatic carbocycles. The number of carbonyl (C=O) groups is 2. The van der Waals surface area contributed by atoms with Gasteiger partial charge < -0.3 is 15.0 Å². The Labute approximate surface area is 144 Å². The predicted octanol–water partition coefficient (Wildman–Crippen LogP) is 2.63. The van der Waals surface area contributed by atoms with Crippen molar-refractivity contribution in [3.63, 3.8) is 0 Å². The van der Waals surface area contributed by atoms with Gasteiger partial charge in [0.25, 0.3) is 0 Å². The number of amides is 2. The minimum absolute atomic E-state index is 0.0316. The Morgan fingerprint density at radius 1 is 1.29 bits per heavy atom. The molecule has 132 valence electrons. The summed E-state index contributed by atoms with van der Waals surface area (Å²) in [5, 5.41) is 2.88. The van der Waals surface area contributed by atoms with E-state index in [9.17, 15) is 9.59 Å². The SMILES string of the molecule is COCCCNC(=O)CCCN1C(=O)CC(C)(C)c2ccccc21. The number of ether oxygens (including phenoxy) is 1. The average Bonchev–Trinajstić information content (AvgIpc) is 2.54. The molecule has 1 aliphatic rings. The average molecular weight is 332 g/mol. The highest BCUT2D eigenvalue weighted by Gasteiger charge is 2.35. The summed E-state index contributed by atoms with van der Waals surface area (Å²) in [6.07, 6.45) is 2.42. The highest BCUT2D eigenvalue weighted by atomic mass is 16.5. The zero-order valence-electron chi connectivity index (χ0n) is 14.9. The molecule has 0 unspecified atom stereocenters. The number of carbonyl (C=O) groups excluding carboxylic acids is 2. The number of hydrogen-bond donors (Lipinski definition) is 1. The van der Waals surface area contributed by atoms with Gasteiger partial charge in [0.1, 0.15) is 0 Å². The summed E-state index contributed by atoms with van der Waals surface area (Å²) < 4.78 is 4.95. The molecule has 2 amide bonds. The largest absolute Gasteiger partial charge is 0.385 e. The smallest absolute Gasteiger partial charge is 0.227 e. The van der Waals surface area contributed by atoms with Gasteiger partial charge in [-0.2, -0.15) is 0 Å². The van der Waals surface area contributed by atoms with E-state index in [0.29, 0.717) is 39.0 Å². The highest BCUT2D eigenvalue weighted by molar-refractivity contribution is 5.97. The fourth-order valence-corrected chi connectivity index (χ4v) is 3.16. The van der Waals surface area contributed by atoms with E-state index in [4.69, 9.17) is 4.74 Å². The number of benzene rings is 1. The van der Waals surface area contributed by atoms with Gasteiger partial charge in [0.05, 0.1) is 0 Å². The second-order valence-corrected chi connectivity index (χ2v) is 6.92. The Morgan fingerprint density at radius 2 is 2.04 bits per heavy atom. The Balaban J connectivity index is 1.88. The number of anilines is 1. The number of hydrogen-bond acceptors (Lipinski definition) is 3. The van der Waals surface area contributed by atoms with E-state index in [0.717, 1.165) is 12.1 Å². The number of nitrogens with one attached hydrogen (secondary N) is 1. The van der Waals surface area contributed by atoms with Crippen molar-refractivity contribution in [2.45, 2.75) is 44.9 Å². The second kappa shape index (κ2) is 8.29. The molecule has 0 saturated carbocycles. The number of nitrogens with zero attached hydrogens (tertiary/aromatic N) is 1. The van der Waals surface area contributed by atoms with Crippen molar-refractivity contribution >= 4 is 17.5 Å². The van der Waals surface area contributed by atoms with Crippen LogP contribution in [0, 0.1) is 0 Å². The molecule has 1 heterocycles. The first kappa shape index (κ1) is 18.5. The molecule has 0 aromatic heterocycles. The Morgan fingerprint density at radius 3 is 2.79 bits per heavy atom. The molecule has 5 heteroatoms. The summed E-state index contributed by atoms with van der Waals surface area (Å²) in [4.78, 5) is 26.2. The molecular weight excluding hydrogens is 304 g/mol. The molecule has 0 aliphatic carbocycles. The molecular formula is C19H28N2O3. The fourth-order valence-electron chi connectivity index (χ4n) is 3.16. The van der Waals surface area contributed by atoms with Crippen molar-refractivity contribution in [2.75, 3.05) is 31.7 Å².